The van der Waals surface area contributed by atoms with Crippen molar-refractivity contribution < 1.29 is 22.7 Å². The maximum Gasteiger partial charge on any atom is 0.257 e. The Morgan fingerprint density at radius 2 is 2.10 bits per heavy atom. The van der Waals surface area contributed by atoms with Crippen LogP contribution in [0.25, 0.3) is 0 Å². The molecule has 1 atom stereocenters. The van der Waals surface area contributed by atoms with Crippen molar-refractivity contribution in [2.75, 3.05) is 18.8 Å². The van der Waals surface area contributed by atoms with E-state index in [1.807, 2.05) is 0 Å². The van der Waals surface area contributed by atoms with E-state index in [1.165, 1.54) is 4.90 Å². The van der Waals surface area contributed by atoms with E-state index >= 15 is 0 Å². The normalized spacial score (nSPS) is 21.9. The van der Waals surface area contributed by atoms with E-state index in [0.29, 0.717) is 6.42 Å². The molecule has 8 heteroatoms. The number of nitrogens with zero attached hydrogens (tertiary/aromatic N) is 1. The molecule has 1 fully saturated rings. The maximum atomic E-state index is 13.3. The molecule has 0 saturated carbocycles. The van der Waals surface area contributed by atoms with Crippen molar-refractivity contribution in [3.8, 4) is 5.75 Å². The minimum atomic E-state index is -3.23. The number of carbonyl (C=O) groups is 1. The number of sulfone groups is 1. The Morgan fingerprint density at radius 1 is 1.43 bits per heavy atom. The van der Waals surface area contributed by atoms with Crippen molar-refractivity contribution in [3.63, 3.8) is 0 Å². The van der Waals surface area contributed by atoms with Gasteiger partial charge in [0.15, 0.2) is 9.84 Å². The Hall–Kier alpha value is -1.34. The van der Waals surface area contributed by atoms with Crippen LogP contribution < -0.4 is 0 Å². The van der Waals surface area contributed by atoms with Crippen LogP contribution in [0, 0.1) is 5.82 Å². The largest absolute Gasteiger partial charge is 0.506 e. The molecule has 0 aliphatic carbocycles. The molecule has 0 radical (unpaired) electrons. The Bertz CT molecular complexity index is 677. The molecular weight excluding hydrogens is 321 g/mol. The van der Waals surface area contributed by atoms with Gasteiger partial charge in [-0.05, 0) is 25.5 Å². The van der Waals surface area contributed by atoms with Crippen LogP contribution in [0.2, 0.25) is 5.02 Å². The van der Waals surface area contributed by atoms with Crippen molar-refractivity contribution in [1.82, 2.24) is 4.90 Å². The Morgan fingerprint density at radius 3 is 2.76 bits per heavy atom. The molecule has 0 bridgehead atoms. The SMILES string of the molecule is CC1CCN(C(=O)c2cc(F)cc(Cl)c2O)CCS1(=O)=O. The molecule has 1 aliphatic heterocycles. The third kappa shape index (κ3) is 3.29. The first kappa shape index (κ1) is 16.0. The van der Waals surface area contributed by atoms with E-state index in [4.69, 9.17) is 11.6 Å². The number of hydrogen-bond donors (Lipinski definition) is 1. The van der Waals surface area contributed by atoms with Gasteiger partial charge < -0.3 is 10.0 Å². The number of amides is 1. The second-order valence-corrected chi connectivity index (χ2v) is 7.99. The van der Waals surface area contributed by atoms with Gasteiger partial charge in [0.25, 0.3) is 5.91 Å². The van der Waals surface area contributed by atoms with Gasteiger partial charge in [-0.3, -0.25) is 4.79 Å². The summed E-state index contributed by atoms with van der Waals surface area (Å²) in [6.07, 6.45) is 0.303. The molecule has 5 nitrogen and oxygen atoms in total. The molecule has 1 saturated heterocycles. The third-order valence-corrected chi connectivity index (χ3v) is 6.11. The lowest BCUT2D eigenvalue weighted by molar-refractivity contribution is 0.0763. The average Bonchev–Trinajstić information content (AvgIpc) is 2.53. The number of phenolic OH excluding ortho intramolecular Hbond substituents is 1. The van der Waals surface area contributed by atoms with Gasteiger partial charge in [0.05, 0.1) is 21.6 Å². The molecule has 1 aliphatic rings. The topological polar surface area (TPSA) is 74.7 Å². The van der Waals surface area contributed by atoms with E-state index in [1.54, 1.807) is 6.92 Å². The summed E-state index contributed by atoms with van der Waals surface area (Å²) < 4.78 is 37.0. The summed E-state index contributed by atoms with van der Waals surface area (Å²) in [5.41, 5.74) is -0.257. The lowest BCUT2D eigenvalue weighted by Gasteiger charge is -2.20. The lowest BCUT2D eigenvalue weighted by atomic mass is 10.1. The van der Waals surface area contributed by atoms with Crippen molar-refractivity contribution in [3.05, 3.63) is 28.5 Å². The van der Waals surface area contributed by atoms with Gasteiger partial charge in [-0.15, -0.1) is 0 Å². The van der Waals surface area contributed by atoms with Crippen LogP contribution in [0.15, 0.2) is 12.1 Å². The van der Waals surface area contributed by atoms with Gasteiger partial charge in [-0.1, -0.05) is 11.6 Å². The summed E-state index contributed by atoms with van der Waals surface area (Å²) in [5, 5.41) is 9.00. The summed E-state index contributed by atoms with van der Waals surface area (Å²) in [6.45, 7) is 1.84. The molecule has 0 spiro atoms. The van der Waals surface area contributed by atoms with Crippen LogP contribution in [0.1, 0.15) is 23.7 Å². The van der Waals surface area contributed by atoms with E-state index in [9.17, 15) is 22.7 Å². The molecule has 1 unspecified atom stereocenters. The van der Waals surface area contributed by atoms with Gasteiger partial charge in [-0.2, -0.15) is 0 Å². The molecule has 1 aromatic carbocycles. The predicted molar refractivity (Wildman–Crippen MR) is 76.8 cm³/mol. The average molecular weight is 336 g/mol. The Balaban J connectivity index is 2.29. The smallest absolute Gasteiger partial charge is 0.257 e. The number of phenols is 1. The highest BCUT2D eigenvalue weighted by molar-refractivity contribution is 7.92. The van der Waals surface area contributed by atoms with Crippen LogP contribution >= 0.6 is 11.6 Å². The first-order valence-corrected chi connectivity index (χ1v) is 8.50. The maximum absolute atomic E-state index is 13.3. The van der Waals surface area contributed by atoms with Gasteiger partial charge in [0, 0.05) is 13.1 Å². The lowest BCUT2D eigenvalue weighted by Crippen LogP contribution is -2.33. The van der Waals surface area contributed by atoms with Gasteiger partial charge in [0.2, 0.25) is 0 Å². The van der Waals surface area contributed by atoms with Crippen molar-refractivity contribution in [2.45, 2.75) is 18.6 Å². The zero-order valence-corrected chi connectivity index (χ0v) is 12.9. The van der Waals surface area contributed by atoms with Gasteiger partial charge in [0.1, 0.15) is 11.6 Å². The molecule has 0 aromatic heterocycles. The van der Waals surface area contributed by atoms with Gasteiger partial charge in [-0.25, -0.2) is 12.8 Å². The predicted octanol–water partition coefficient (Wildman–Crippen LogP) is 1.83. The van der Waals surface area contributed by atoms with Crippen molar-refractivity contribution >= 4 is 27.3 Å². The number of aromatic hydroxyl groups is 1. The summed E-state index contributed by atoms with van der Waals surface area (Å²) in [6, 6.07) is 1.80. The number of halogens is 2. The fourth-order valence-electron chi connectivity index (χ4n) is 2.17. The number of rotatable bonds is 1. The molecule has 1 aromatic rings. The monoisotopic (exact) mass is 335 g/mol. The first-order valence-electron chi connectivity index (χ1n) is 6.41. The number of hydrogen-bond acceptors (Lipinski definition) is 4. The second kappa shape index (κ2) is 5.81. The minimum absolute atomic E-state index is 0.0130. The fraction of sp³-hybridized carbons (Fsp3) is 0.462. The third-order valence-electron chi connectivity index (χ3n) is 3.61. The molecule has 116 valence electrons. The second-order valence-electron chi connectivity index (χ2n) is 5.04. The summed E-state index contributed by atoms with van der Waals surface area (Å²) in [5.74, 6) is -2.01. The molecule has 1 amide bonds. The molecular formula is C13H15ClFNO4S. The van der Waals surface area contributed by atoms with E-state index < -0.39 is 32.6 Å². The Labute approximate surface area is 127 Å². The Kier molecular flexibility index (Phi) is 4.43. The number of carbonyl (C=O) groups excluding carboxylic acids is 1. The van der Waals surface area contributed by atoms with Gasteiger partial charge >= 0.3 is 0 Å². The zero-order chi connectivity index (χ0) is 15.8. The highest BCUT2D eigenvalue weighted by atomic mass is 35.5. The first-order chi connectivity index (χ1) is 9.72. The molecule has 21 heavy (non-hydrogen) atoms. The highest BCUT2D eigenvalue weighted by Crippen LogP contribution is 2.30. The summed E-state index contributed by atoms with van der Waals surface area (Å²) >= 11 is 5.65. The van der Waals surface area contributed by atoms with Crippen LogP contribution in [0.4, 0.5) is 4.39 Å². The van der Waals surface area contributed by atoms with E-state index in [2.05, 4.69) is 0 Å². The zero-order valence-electron chi connectivity index (χ0n) is 11.3. The molecule has 1 N–H and O–H groups in total. The quantitative estimate of drug-likeness (QED) is 0.849. The van der Waals surface area contributed by atoms with Crippen LogP contribution in [0.3, 0.4) is 0 Å². The fourth-order valence-corrected chi connectivity index (χ4v) is 3.72. The van der Waals surface area contributed by atoms with Crippen molar-refractivity contribution in [1.29, 1.82) is 0 Å². The summed E-state index contributed by atoms with van der Waals surface area (Å²) in [4.78, 5) is 13.6. The van der Waals surface area contributed by atoms with Crippen LogP contribution in [-0.2, 0) is 9.84 Å². The number of benzene rings is 1. The highest BCUT2D eigenvalue weighted by Gasteiger charge is 2.30. The van der Waals surface area contributed by atoms with Crippen molar-refractivity contribution in [2.24, 2.45) is 0 Å². The van der Waals surface area contributed by atoms with E-state index in [-0.39, 0.29) is 29.4 Å². The minimum Gasteiger partial charge on any atom is -0.506 e. The summed E-state index contributed by atoms with van der Waals surface area (Å²) in [7, 11) is -3.23. The molecule has 2 rings (SSSR count). The standard InChI is InChI=1S/C13H15ClFNO4S/c1-8-2-3-16(4-5-21(8,19)20)13(18)10-6-9(15)7-11(14)12(10)17/h6-8,17H,2-5H2,1H3. The van der Waals surface area contributed by atoms with Crippen LogP contribution in [-0.4, -0.2) is 48.4 Å². The molecule has 1 heterocycles. The van der Waals surface area contributed by atoms with E-state index in [0.717, 1.165) is 12.1 Å². The van der Waals surface area contributed by atoms with Crippen LogP contribution in [0.5, 0.6) is 5.75 Å².